The summed E-state index contributed by atoms with van der Waals surface area (Å²) in [5, 5.41) is 7.46. The second-order valence-corrected chi connectivity index (χ2v) is 13.3. The first-order chi connectivity index (χ1) is 25.9. The number of benzene rings is 4. The number of fused-ring (bicyclic) bond motifs is 3. The second kappa shape index (κ2) is 14.3. The fourth-order valence-corrected chi connectivity index (χ4v) is 7.02. The summed E-state index contributed by atoms with van der Waals surface area (Å²) in [5.41, 5.74) is 12.6. The Morgan fingerprint density at radius 1 is 0.611 bits per heavy atom. The zero-order valence-corrected chi connectivity index (χ0v) is 32.4. The monoisotopic (exact) mass is 881 g/mol. The van der Waals surface area contributed by atoms with Gasteiger partial charge in [0.1, 0.15) is 11.5 Å². The molecule has 0 aliphatic rings. The van der Waals surface area contributed by atoms with E-state index in [0.29, 0.717) is 17.2 Å². The molecule has 5 heterocycles. The number of aryl methyl sites for hydroxylation is 3. The van der Waals surface area contributed by atoms with Crippen molar-refractivity contribution in [2.45, 2.75) is 27.7 Å². The van der Waals surface area contributed by atoms with Crippen LogP contribution in [0.3, 0.4) is 0 Å². The van der Waals surface area contributed by atoms with Crippen LogP contribution in [0.1, 0.15) is 22.3 Å². The number of aromatic nitrogens is 6. The molecule has 0 N–H and O–H groups in total. The number of ether oxygens (including phenoxy) is 1. The smallest absolute Gasteiger partial charge is 0.509 e. The SMILES string of the molecule is Cc1ccnc(-n2c3[c-]c(Oc4[c-]c(-n5nc(-c6ccccn6)c(-c6cc(C)c(C)c(C)c6)c5-c5ccccn5)ccc4)ccc3c3ccccc32)c1.[Pt+2]. The van der Waals surface area contributed by atoms with Crippen LogP contribution in [-0.2, 0) is 21.1 Å². The van der Waals surface area contributed by atoms with Gasteiger partial charge < -0.3 is 9.30 Å². The first kappa shape index (κ1) is 34.9. The van der Waals surface area contributed by atoms with E-state index in [1.807, 2.05) is 89.9 Å². The van der Waals surface area contributed by atoms with Crippen molar-refractivity contribution in [2.24, 2.45) is 0 Å². The summed E-state index contributed by atoms with van der Waals surface area (Å²) < 4.78 is 10.6. The van der Waals surface area contributed by atoms with E-state index >= 15 is 0 Å². The van der Waals surface area contributed by atoms with Crippen LogP contribution in [0.25, 0.3) is 67.2 Å². The van der Waals surface area contributed by atoms with Gasteiger partial charge in [-0.1, -0.05) is 48.0 Å². The normalized spacial score (nSPS) is 11.2. The molecule has 0 saturated heterocycles. The van der Waals surface area contributed by atoms with Crippen LogP contribution in [-0.4, -0.2) is 29.3 Å². The van der Waals surface area contributed by atoms with Gasteiger partial charge in [-0.2, -0.15) is 17.2 Å². The molecular weight excluding hydrogens is 848 g/mol. The van der Waals surface area contributed by atoms with Crippen LogP contribution in [0.2, 0.25) is 0 Å². The van der Waals surface area contributed by atoms with Crippen molar-refractivity contribution in [1.29, 1.82) is 0 Å². The summed E-state index contributed by atoms with van der Waals surface area (Å²) >= 11 is 0. The Morgan fingerprint density at radius 2 is 1.33 bits per heavy atom. The summed E-state index contributed by atoms with van der Waals surface area (Å²) in [4.78, 5) is 14.3. The minimum absolute atomic E-state index is 0. The molecule has 264 valence electrons. The van der Waals surface area contributed by atoms with Crippen molar-refractivity contribution in [2.75, 3.05) is 0 Å². The topological polar surface area (TPSA) is 70.7 Å². The maximum atomic E-state index is 6.54. The quantitative estimate of drug-likeness (QED) is 0.149. The minimum atomic E-state index is 0. The van der Waals surface area contributed by atoms with Gasteiger partial charge >= 0.3 is 21.1 Å². The zero-order chi connectivity index (χ0) is 36.1. The van der Waals surface area contributed by atoms with Crippen molar-refractivity contribution in [1.82, 2.24) is 29.3 Å². The van der Waals surface area contributed by atoms with E-state index in [4.69, 9.17) is 24.8 Å². The van der Waals surface area contributed by atoms with Crippen LogP contribution < -0.4 is 4.74 Å². The Kier molecular flexibility index (Phi) is 9.26. The maximum absolute atomic E-state index is 6.54. The summed E-state index contributed by atoms with van der Waals surface area (Å²) in [5.74, 6) is 1.92. The fraction of sp³-hybridized carbons (Fsp3) is 0.0870. The van der Waals surface area contributed by atoms with Gasteiger partial charge in [-0.15, -0.1) is 35.7 Å². The second-order valence-electron chi connectivity index (χ2n) is 13.3. The van der Waals surface area contributed by atoms with E-state index in [9.17, 15) is 0 Å². The number of nitrogens with zero attached hydrogens (tertiary/aromatic N) is 6. The third-order valence-corrected chi connectivity index (χ3v) is 9.80. The molecule has 9 rings (SSSR count). The summed E-state index contributed by atoms with van der Waals surface area (Å²) in [6.45, 7) is 8.53. The fourth-order valence-electron chi connectivity index (χ4n) is 7.02. The average molecular weight is 882 g/mol. The first-order valence-electron chi connectivity index (χ1n) is 17.6. The van der Waals surface area contributed by atoms with Crippen molar-refractivity contribution < 1.29 is 25.8 Å². The molecule has 0 radical (unpaired) electrons. The predicted octanol–water partition coefficient (Wildman–Crippen LogP) is 10.8. The molecule has 0 saturated carbocycles. The molecule has 0 atom stereocenters. The van der Waals surface area contributed by atoms with E-state index in [-0.39, 0.29) is 21.1 Å². The molecule has 0 amide bonds. The number of hydrogen-bond donors (Lipinski definition) is 0. The van der Waals surface area contributed by atoms with Crippen LogP contribution >= 0.6 is 0 Å². The summed E-state index contributed by atoms with van der Waals surface area (Å²) in [6, 6.07) is 45.7. The average Bonchev–Trinajstić information content (AvgIpc) is 3.74. The van der Waals surface area contributed by atoms with Crippen molar-refractivity contribution in [3.63, 3.8) is 0 Å². The molecule has 0 aliphatic heterocycles. The molecule has 0 bridgehead atoms. The van der Waals surface area contributed by atoms with Crippen molar-refractivity contribution in [3.8, 4) is 56.9 Å². The molecule has 7 nitrogen and oxygen atoms in total. The van der Waals surface area contributed by atoms with Crippen molar-refractivity contribution >= 4 is 21.8 Å². The van der Waals surface area contributed by atoms with E-state index in [1.165, 1.54) is 16.7 Å². The van der Waals surface area contributed by atoms with Gasteiger partial charge in [-0.25, -0.2) is 4.98 Å². The van der Waals surface area contributed by atoms with Crippen LogP contribution in [0, 0.1) is 39.8 Å². The largest absolute Gasteiger partial charge is 2.00 e. The van der Waals surface area contributed by atoms with Crippen LogP contribution in [0.4, 0.5) is 0 Å². The van der Waals surface area contributed by atoms with E-state index < -0.39 is 0 Å². The first-order valence-corrected chi connectivity index (χ1v) is 17.6. The molecule has 5 aromatic heterocycles. The van der Waals surface area contributed by atoms with Gasteiger partial charge in [-0.05, 0) is 109 Å². The Balaban J connectivity index is 0.00000413. The third-order valence-electron chi connectivity index (χ3n) is 9.80. The third kappa shape index (κ3) is 6.21. The summed E-state index contributed by atoms with van der Waals surface area (Å²) in [7, 11) is 0. The predicted molar refractivity (Wildman–Crippen MR) is 211 cm³/mol. The van der Waals surface area contributed by atoms with Gasteiger partial charge in [0.15, 0.2) is 0 Å². The van der Waals surface area contributed by atoms with Gasteiger partial charge in [0, 0.05) is 41.2 Å². The van der Waals surface area contributed by atoms with Crippen LogP contribution in [0.5, 0.6) is 11.5 Å². The van der Waals surface area contributed by atoms with E-state index in [2.05, 4.69) is 86.9 Å². The van der Waals surface area contributed by atoms with Gasteiger partial charge in [0.25, 0.3) is 0 Å². The molecule has 8 heteroatoms. The number of para-hydroxylation sites is 1. The van der Waals surface area contributed by atoms with Crippen LogP contribution in [0.15, 0.2) is 134 Å². The van der Waals surface area contributed by atoms with Gasteiger partial charge in [-0.3, -0.25) is 14.6 Å². The van der Waals surface area contributed by atoms with Crippen molar-refractivity contribution in [3.05, 3.63) is 168 Å². The zero-order valence-electron chi connectivity index (χ0n) is 30.1. The molecule has 0 spiro atoms. The number of pyridine rings is 3. The Bertz CT molecular complexity index is 2780. The maximum Gasteiger partial charge on any atom is 2.00 e. The molecule has 54 heavy (non-hydrogen) atoms. The van der Waals surface area contributed by atoms with Gasteiger partial charge in [0.05, 0.1) is 17.1 Å². The Labute approximate surface area is 328 Å². The molecule has 4 aromatic carbocycles. The summed E-state index contributed by atoms with van der Waals surface area (Å²) in [6.07, 6.45) is 5.45. The Morgan fingerprint density at radius 3 is 2.07 bits per heavy atom. The Hall–Kier alpha value is -6.17. The molecule has 0 aliphatic carbocycles. The molecule has 0 fully saturated rings. The number of rotatable bonds is 7. The molecular formula is C46H34N6OPt. The minimum Gasteiger partial charge on any atom is -0.509 e. The standard InChI is InChI=1S/C46H34N6O.Pt/c1-29-20-23-49-43(24-29)51-41-17-6-5-14-37(41)38-19-18-36(28-42(38)51)53-35-13-11-12-34(27-35)52-46(40-16-8-10-22-48-40)44(33-25-30(2)32(4)31(3)26-33)45(50-52)39-15-7-9-21-47-39;/h5-26H,1-4H3;/q-2;+2. The molecule has 9 aromatic rings. The van der Waals surface area contributed by atoms with E-state index in [1.54, 1.807) is 6.20 Å². The molecule has 0 unspecified atom stereocenters. The number of hydrogen-bond acceptors (Lipinski definition) is 5. The van der Waals surface area contributed by atoms with Gasteiger partial charge in [0.2, 0.25) is 0 Å². The van der Waals surface area contributed by atoms with E-state index in [0.717, 1.165) is 67.1 Å².